The Morgan fingerprint density at radius 2 is 1.94 bits per heavy atom. The van der Waals surface area contributed by atoms with Crippen LogP contribution in [0.2, 0.25) is 0 Å². The third-order valence-corrected chi connectivity index (χ3v) is 2.79. The van der Waals surface area contributed by atoms with Gasteiger partial charge in [-0.3, -0.25) is 5.10 Å². The summed E-state index contributed by atoms with van der Waals surface area (Å²) < 4.78 is 37.9. The molecule has 1 aliphatic carbocycles. The normalized spacial score (nSPS) is 13.7. The Morgan fingerprint density at radius 1 is 1.19 bits per heavy atom. The van der Waals surface area contributed by atoms with Crippen molar-refractivity contribution in [1.29, 1.82) is 0 Å². The van der Waals surface area contributed by atoms with Crippen molar-refractivity contribution in [2.75, 3.05) is 0 Å². The third kappa shape index (κ3) is 1.17. The maximum absolute atomic E-state index is 12.6. The number of hydrogen-bond acceptors (Lipinski definition) is 1. The lowest BCUT2D eigenvalue weighted by Crippen LogP contribution is -2.08. The van der Waals surface area contributed by atoms with Crippen molar-refractivity contribution in [2.45, 2.75) is 12.6 Å². The quantitative estimate of drug-likeness (QED) is 0.624. The number of fused-ring (bicyclic) bond motifs is 3. The number of aromatic nitrogens is 2. The average molecular weight is 224 g/mol. The first-order valence-corrected chi connectivity index (χ1v) is 4.80. The molecule has 2 aromatic rings. The van der Waals surface area contributed by atoms with Crippen LogP contribution in [0.4, 0.5) is 13.2 Å². The number of nitrogens with zero attached hydrogens (tertiary/aromatic N) is 1. The van der Waals surface area contributed by atoms with Gasteiger partial charge in [0.05, 0.1) is 5.69 Å². The number of benzene rings is 1. The maximum Gasteiger partial charge on any atom is 0.433 e. The molecule has 0 fully saturated rings. The summed E-state index contributed by atoms with van der Waals surface area (Å²) in [5.74, 6) is 0. The van der Waals surface area contributed by atoms with Crippen LogP contribution in [0, 0.1) is 0 Å². The maximum atomic E-state index is 12.6. The molecule has 0 aliphatic heterocycles. The minimum Gasteiger partial charge on any atom is -0.273 e. The first-order chi connectivity index (χ1) is 7.57. The Hall–Kier alpha value is -1.78. The fraction of sp³-hybridized carbons (Fsp3) is 0.182. The molecule has 2 nitrogen and oxygen atoms in total. The van der Waals surface area contributed by atoms with Gasteiger partial charge in [-0.1, -0.05) is 24.3 Å². The molecule has 0 atom stereocenters. The zero-order valence-electron chi connectivity index (χ0n) is 8.10. The van der Waals surface area contributed by atoms with Crippen LogP contribution in [0.15, 0.2) is 24.3 Å². The molecule has 3 rings (SSSR count). The Labute approximate surface area is 89.1 Å². The molecule has 5 heteroatoms. The van der Waals surface area contributed by atoms with Crippen molar-refractivity contribution >= 4 is 0 Å². The predicted octanol–water partition coefficient (Wildman–Crippen LogP) is 3.00. The van der Waals surface area contributed by atoms with Crippen LogP contribution in [0.3, 0.4) is 0 Å². The summed E-state index contributed by atoms with van der Waals surface area (Å²) >= 11 is 0. The predicted molar refractivity (Wildman–Crippen MR) is 51.8 cm³/mol. The molecule has 0 amide bonds. The lowest BCUT2D eigenvalue weighted by Gasteiger charge is -2.04. The summed E-state index contributed by atoms with van der Waals surface area (Å²) in [7, 11) is 0. The molecular formula is C11H7F3N2. The molecule has 1 aliphatic rings. The van der Waals surface area contributed by atoms with Crippen molar-refractivity contribution < 1.29 is 13.2 Å². The second-order valence-corrected chi connectivity index (χ2v) is 3.76. The Balaban J connectivity index is 2.19. The molecule has 0 bridgehead atoms. The Bertz CT molecular complexity index is 555. The van der Waals surface area contributed by atoms with Crippen molar-refractivity contribution in [3.8, 4) is 11.3 Å². The highest BCUT2D eigenvalue weighted by molar-refractivity contribution is 5.74. The van der Waals surface area contributed by atoms with Gasteiger partial charge in [0.2, 0.25) is 0 Å². The van der Waals surface area contributed by atoms with Crippen molar-refractivity contribution in [3.05, 3.63) is 41.1 Å². The van der Waals surface area contributed by atoms with Gasteiger partial charge in [-0.05, 0) is 5.56 Å². The van der Waals surface area contributed by atoms with E-state index in [1.165, 1.54) is 0 Å². The first-order valence-electron chi connectivity index (χ1n) is 4.80. The molecule has 16 heavy (non-hydrogen) atoms. The van der Waals surface area contributed by atoms with Gasteiger partial charge < -0.3 is 0 Å². The van der Waals surface area contributed by atoms with E-state index in [1.807, 2.05) is 12.1 Å². The van der Waals surface area contributed by atoms with E-state index in [2.05, 4.69) is 10.2 Å². The fourth-order valence-corrected chi connectivity index (χ4v) is 2.09. The number of rotatable bonds is 0. The summed E-state index contributed by atoms with van der Waals surface area (Å²) in [6.45, 7) is 0. The monoisotopic (exact) mass is 224 g/mol. The number of aromatic amines is 1. The number of halogens is 3. The lowest BCUT2D eigenvalue weighted by atomic mass is 10.1. The zero-order chi connectivity index (χ0) is 11.3. The van der Waals surface area contributed by atoms with E-state index < -0.39 is 11.9 Å². The van der Waals surface area contributed by atoms with Crippen LogP contribution < -0.4 is 0 Å². The highest BCUT2D eigenvalue weighted by atomic mass is 19.4. The molecule has 0 saturated carbocycles. The van der Waals surface area contributed by atoms with Crippen LogP contribution in [0.5, 0.6) is 0 Å². The topological polar surface area (TPSA) is 28.7 Å². The van der Waals surface area contributed by atoms with Crippen molar-refractivity contribution in [2.24, 2.45) is 0 Å². The van der Waals surface area contributed by atoms with Gasteiger partial charge in [0, 0.05) is 17.5 Å². The van der Waals surface area contributed by atoms with Crippen LogP contribution in [-0.4, -0.2) is 10.2 Å². The molecule has 1 N–H and O–H groups in total. The van der Waals surface area contributed by atoms with E-state index in [0.29, 0.717) is 12.1 Å². The van der Waals surface area contributed by atoms with Crippen LogP contribution >= 0.6 is 0 Å². The Morgan fingerprint density at radius 3 is 2.69 bits per heavy atom. The number of hydrogen-bond donors (Lipinski definition) is 1. The van der Waals surface area contributed by atoms with E-state index in [1.54, 1.807) is 12.1 Å². The summed E-state index contributed by atoms with van der Waals surface area (Å²) in [6, 6.07) is 7.25. The van der Waals surface area contributed by atoms with E-state index in [0.717, 1.165) is 11.1 Å². The molecule has 0 unspecified atom stereocenters. The summed E-state index contributed by atoms with van der Waals surface area (Å²) in [5, 5.41) is 5.84. The Kier molecular flexibility index (Phi) is 1.70. The van der Waals surface area contributed by atoms with Crippen LogP contribution in [0.25, 0.3) is 11.3 Å². The average Bonchev–Trinajstić information content (AvgIpc) is 2.73. The number of alkyl halides is 3. The van der Waals surface area contributed by atoms with Gasteiger partial charge >= 0.3 is 6.18 Å². The minimum absolute atomic E-state index is 0.258. The fourth-order valence-electron chi connectivity index (χ4n) is 2.09. The van der Waals surface area contributed by atoms with Gasteiger partial charge in [-0.25, -0.2) is 0 Å². The molecule has 1 aromatic heterocycles. The van der Waals surface area contributed by atoms with Gasteiger partial charge in [-0.2, -0.15) is 18.3 Å². The molecule has 0 saturated heterocycles. The van der Waals surface area contributed by atoms with Crippen LogP contribution in [0.1, 0.15) is 16.8 Å². The van der Waals surface area contributed by atoms with Gasteiger partial charge in [0.25, 0.3) is 0 Å². The molecule has 82 valence electrons. The first kappa shape index (κ1) is 9.45. The van der Waals surface area contributed by atoms with Crippen LogP contribution in [-0.2, 0) is 12.6 Å². The van der Waals surface area contributed by atoms with E-state index >= 15 is 0 Å². The third-order valence-electron chi connectivity index (χ3n) is 2.79. The number of nitrogens with one attached hydrogen (secondary N) is 1. The lowest BCUT2D eigenvalue weighted by molar-refractivity contribution is -0.141. The minimum atomic E-state index is -4.36. The molecule has 0 radical (unpaired) electrons. The second-order valence-electron chi connectivity index (χ2n) is 3.76. The molecule has 1 aromatic carbocycles. The van der Waals surface area contributed by atoms with Crippen molar-refractivity contribution in [1.82, 2.24) is 10.2 Å². The van der Waals surface area contributed by atoms with Crippen molar-refractivity contribution in [3.63, 3.8) is 0 Å². The van der Waals surface area contributed by atoms with Gasteiger partial charge in [-0.15, -0.1) is 0 Å². The van der Waals surface area contributed by atoms with Gasteiger partial charge in [0.15, 0.2) is 0 Å². The summed E-state index contributed by atoms with van der Waals surface area (Å²) in [5.41, 5.74) is 1.67. The SMILES string of the molecule is FC(F)(F)c1[nH]nc2c1Cc1ccccc1-2. The van der Waals surface area contributed by atoms with E-state index in [9.17, 15) is 13.2 Å². The zero-order valence-corrected chi connectivity index (χ0v) is 8.10. The molecular weight excluding hydrogens is 217 g/mol. The highest BCUT2D eigenvalue weighted by Crippen LogP contribution is 2.41. The van der Waals surface area contributed by atoms with Gasteiger partial charge in [0.1, 0.15) is 5.69 Å². The summed E-state index contributed by atoms with van der Waals surface area (Å²) in [4.78, 5) is 0. The largest absolute Gasteiger partial charge is 0.433 e. The summed E-state index contributed by atoms with van der Waals surface area (Å²) in [6.07, 6.45) is -4.06. The highest BCUT2D eigenvalue weighted by Gasteiger charge is 2.39. The second kappa shape index (κ2) is 2.87. The smallest absolute Gasteiger partial charge is 0.273 e. The van der Waals surface area contributed by atoms with E-state index in [-0.39, 0.29) is 5.56 Å². The molecule has 0 spiro atoms. The standard InChI is InChI=1S/C11H7F3N2/c12-11(13,14)10-8-5-6-3-1-2-4-7(6)9(8)15-16-10/h1-4H,5H2,(H,15,16). The van der Waals surface area contributed by atoms with E-state index in [4.69, 9.17) is 0 Å². The molecule has 1 heterocycles. The number of H-pyrrole nitrogens is 1.